The first-order valence-electron chi connectivity index (χ1n) is 6.93. The minimum absolute atomic E-state index is 0.305. The first-order chi connectivity index (χ1) is 9.65. The van der Waals surface area contributed by atoms with E-state index >= 15 is 0 Å². The van der Waals surface area contributed by atoms with Crippen molar-refractivity contribution in [1.82, 2.24) is 5.32 Å². The number of phenolic OH excluding ortho intramolecular Hbond substituents is 2. The molecule has 0 aliphatic rings. The molecule has 0 amide bonds. The number of benzene rings is 2. The largest absolute Gasteiger partial charge is 0.508 e. The van der Waals surface area contributed by atoms with Gasteiger partial charge >= 0.3 is 0 Å². The molecule has 0 fully saturated rings. The summed E-state index contributed by atoms with van der Waals surface area (Å²) in [5.74, 6) is 0.644. The number of hydrogen-bond donors (Lipinski definition) is 3. The molecule has 1 atom stereocenters. The van der Waals surface area contributed by atoms with Gasteiger partial charge in [0.05, 0.1) is 0 Å². The van der Waals surface area contributed by atoms with Gasteiger partial charge < -0.3 is 15.5 Å². The molecule has 3 N–H and O–H groups in total. The summed E-state index contributed by atoms with van der Waals surface area (Å²) < 4.78 is 0. The van der Waals surface area contributed by atoms with Gasteiger partial charge in [0.2, 0.25) is 0 Å². The summed E-state index contributed by atoms with van der Waals surface area (Å²) in [6, 6.07) is 15.1. The van der Waals surface area contributed by atoms with Crippen LogP contribution in [0.15, 0.2) is 48.5 Å². The Morgan fingerprint density at radius 1 is 1.00 bits per heavy atom. The zero-order valence-electron chi connectivity index (χ0n) is 11.7. The van der Waals surface area contributed by atoms with E-state index in [9.17, 15) is 10.2 Å². The molecular weight excluding hydrogens is 250 g/mol. The van der Waals surface area contributed by atoms with Crippen molar-refractivity contribution in [3.05, 3.63) is 59.7 Å². The van der Waals surface area contributed by atoms with Gasteiger partial charge in [-0.25, -0.2) is 0 Å². The van der Waals surface area contributed by atoms with Gasteiger partial charge in [-0.15, -0.1) is 0 Å². The van der Waals surface area contributed by atoms with Crippen LogP contribution in [0.25, 0.3) is 0 Å². The van der Waals surface area contributed by atoms with Crippen molar-refractivity contribution < 1.29 is 10.2 Å². The minimum Gasteiger partial charge on any atom is -0.508 e. The smallest absolute Gasteiger partial charge is 0.120 e. The van der Waals surface area contributed by atoms with E-state index in [1.54, 1.807) is 18.2 Å². The fraction of sp³-hybridized carbons (Fsp3) is 0.294. The Balaban J connectivity index is 1.77. The van der Waals surface area contributed by atoms with E-state index in [0.717, 1.165) is 18.4 Å². The van der Waals surface area contributed by atoms with Gasteiger partial charge in [-0.3, -0.25) is 0 Å². The molecule has 0 bridgehead atoms. The first kappa shape index (κ1) is 14.4. The molecule has 106 valence electrons. The lowest BCUT2D eigenvalue weighted by atomic mass is 10.1. The Labute approximate surface area is 119 Å². The summed E-state index contributed by atoms with van der Waals surface area (Å²) in [7, 11) is 0. The fourth-order valence-electron chi connectivity index (χ4n) is 2.09. The molecule has 2 aromatic carbocycles. The highest BCUT2D eigenvalue weighted by atomic mass is 16.3. The van der Waals surface area contributed by atoms with Crippen molar-refractivity contribution in [2.45, 2.75) is 32.4 Å². The average molecular weight is 271 g/mol. The van der Waals surface area contributed by atoms with Gasteiger partial charge in [-0.05, 0) is 43.5 Å². The Kier molecular flexibility index (Phi) is 5.02. The van der Waals surface area contributed by atoms with Gasteiger partial charge in [-0.1, -0.05) is 30.3 Å². The van der Waals surface area contributed by atoms with Gasteiger partial charge in [0.1, 0.15) is 11.5 Å². The van der Waals surface area contributed by atoms with Crippen LogP contribution < -0.4 is 5.32 Å². The molecule has 0 saturated carbocycles. The summed E-state index contributed by atoms with van der Waals surface area (Å²) in [6.07, 6.45) is 1.98. The van der Waals surface area contributed by atoms with E-state index in [0.29, 0.717) is 24.1 Å². The van der Waals surface area contributed by atoms with E-state index in [1.807, 2.05) is 30.3 Å². The molecule has 0 radical (unpaired) electrons. The zero-order chi connectivity index (χ0) is 14.4. The van der Waals surface area contributed by atoms with E-state index in [-0.39, 0.29) is 0 Å². The monoisotopic (exact) mass is 271 g/mol. The van der Waals surface area contributed by atoms with Gasteiger partial charge in [0, 0.05) is 18.2 Å². The standard InChI is InChI=1S/C17H21NO2/c1-13(6-7-14-8-10-16(19)11-9-14)18-12-15-4-2-3-5-17(15)20/h2-5,8-11,13,18-20H,6-7,12H2,1H3. The van der Waals surface area contributed by atoms with Crippen LogP contribution >= 0.6 is 0 Å². The SMILES string of the molecule is CC(CCc1ccc(O)cc1)NCc1ccccc1O. The highest BCUT2D eigenvalue weighted by Gasteiger charge is 2.04. The summed E-state index contributed by atoms with van der Waals surface area (Å²) in [5, 5.41) is 22.3. The van der Waals surface area contributed by atoms with Crippen molar-refractivity contribution in [3.8, 4) is 11.5 Å². The maximum atomic E-state index is 9.69. The van der Waals surface area contributed by atoms with Crippen molar-refractivity contribution in [1.29, 1.82) is 0 Å². The number of nitrogens with one attached hydrogen (secondary N) is 1. The molecule has 3 nitrogen and oxygen atoms in total. The predicted octanol–water partition coefficient (Wildman–Crippen LogP) is 3.21. The Hall–Kier alpha value is -2.00. The molecule has 0 aliphatic heterocycles. The van der Waals surface area contributed by atoms with Crippen LogP contribution in [0.2, 0.25) is 0 Å². The topological polar surface area (TPSA) is 52.5 Å². The number of phenols is 2. The lowest BCUT2D eigenvalue weighted by molar-refractivity contribution is 0.455. The number of hydrogen-bond acceptors (Lipinski definition) is 3. The van der Waals surface area contributed by atoms with E-state index in [1.165, 1.54) is 5.56 Å². The molecule has 0 aliphatic carbocycles. The Morgan fingerprint density at radius 3 is 2.40 bits per heavy atom. The van der Waals surface area contributed by atoms with Crippen LogP contribution in [0.5, 0.6) is 11.5 Å². The van der Waals surface area contributed by atoms with Crippen molar-refractivity contribution in [2.24, 2.45) is 0 Å². The maximum absolute atomic E-state index is 9.69. The van der Waals surface area contributed by atoms with E-state index in [4.69, 9.17) is 0 Å². The van der Waals surface area contributed by atoms with E-state index < -0.39 is 0 Å². The second-order valence-corrected chi connectivity index (χ2v) is 5.12. The van der Waals surface area contributed by atoms with Crippen LogP contribution in [0.4, 0.5) is 0 Å². The molecule has 0 saturated heterocycles. The molecular formula is C17H21NO2. The van der Waals surface area contributed by atoms with E-state index in [2.05, 4.69) is 12.2 Å². The summed E-state index contributed by atoms with van der Waals surface area (Å²) in [4.78, 5) is 0. The third-order valence-corrected chi connectivity index (χ3v) is 3.43. The molecule has 2 aromatic rings. The lowest BCUT2D eigenvalue weighted by Gasteiger charge is -2.14. The minimum atomic E-state index is 0.305. The van der Waals surface area contributed by atoms with Gasteiger partial charge in [-0.2, -0.15) is 0 Å². The van der Waals surface area contributed by atoms with Crippen LogP contribution in [-0.4, -0.2) is 16.3 Å². The van der Waals surface area contributed by atoms with Crippen LogP contribution in [-0.2, 0) is 13.0 Å². The summed E-state index contributed by atoms with van der Waals surface area (Å²) in [5.41, 5.74) is 2.14. The molecule has 0 spiro atoms. The van der Waals surface area contributed by atoms with Gasteiger partial charge in [0.25, 0.3) is 0 Å². The highest BCUT2D eigenvalue weighted by Crippen LogP contribution is 2.16. The Morgan fingerprint density at radius 2 is 1.70 bits per heavy atom. The van der Waals surface area contributed by atoms with Crippen molar-refractivity contribution in [2.75, 3.05) is 0 Å². The first-order valence-corrected chi connectivity index (χ1v) is 6.93. The molecule has 20 heavy (non-hydrogen) atoms. The number of para-hydroxylation sites is 1. The normalized spacial score (nSPS) is 12.2. The van der Waals surface area contributed by atoms with Crippen molar-refractivity contribution in [3.63, 3.8) is 0 Å². The molecule has 0 aromatic heterocycles. The third-order valence-electron chi connectivity index (χ3n) is 3.43. The number of rotatable bonds is 6. The molecule has 1 unspecified atom stereocenters. The summed E-state index contributed by atoms with van der Waals surface area (Å²) in [6.45, 7) is 2.81. The second-order valence-electron chi connectivity index (χ2n) is 5.12. The molecule has 2 rings (SSSR count). The third kappa shape index (κ3) is 4.28. The highest BCUT2D eigenvalue weighted by molar-refractivity contribution is 5.31. The lowest BCUT2D eigenvalue weighted by Crippen LogP contribution is -2.25. The molecule has 3 heteroatoms. The molecule has 0 heterocycles. The predicted molar refractivity (Wildman–Crippen MR) is 80.8 cm³/mol. The number of aryl methyl sites for hydroxylation is 1. The Bertz CT molecular complexity index is 537. The van der Waals surface area contributed by atoms with Crippen LogP contribution in [0.1, 0.15) is 24.5 Å². The number of aromatic hydroxyl groups is 2. The maximum Gasteiger partial charge on any atom is 0.120 e. The summed E-state index contributed by atoms with van der Waals surface area (Å²) >= 11 is 0. The van der Waals surface area contributed by atoms with Gasteiger partial charge in [0.15, 0.2) is 0 Å². The zero-order valence-corrected chi connectivity index (χ0v) is 11.7. The van der Waals surface area contributed by atoms with Crippen LogP contribution in [0, 0.1) is 0 Å². The van der Waals surface area contributed by atoms with Crippen molar-refractivity contribution >= 4 is 0 Å². The quantitative estimate of drug-likeness (QED) is 0.756. The average Bonchev–Trinajstić information content (AvgIpc) is 2.46. The fourth-order valence-corrected chi connectivity index (χ4v) is 2.09. The second kappa shape index (κ2) is 6.96. The van der Waals surface area contributed by atoms with Crippen LogP contribution in [0.3, 0.4) is 0 Å².